The van der Waals surface area contributed by atoms with E-state index in [-0.39, 0.29) is 26.2 Å². The Morgan fingerprint density at radius 3 is 1.42 bits per heavy atom. The maximum Gasteiger partial charge on any atom is 3.00 e. The molecule has 0 bridgehead atoms. The molecule has 0 amide bonds. The molecule has 2 rings (SSSR count). The molecule has 0 saturated heterocycles. The zero-order chi connectivity index (χ0) is 14.0. The molecule has 0 spiro atoms. The molecule has 0 aromatic heterocycles. The van der Waals surface area contributed by atoms with Crippen LogP contribution in [0.3, 0.4) is 0 Å². The molecular weight excluding hydrogens is 335 g/mol. The normalized spacial score (nSPS) is 15.7. The zero-order valence-electron chi connectivity index (χ0n) is 12.3. The summed E-state index contributed by atoms with van der Waals surface area (Å²) in [5, 5.41) is 0. The standard InChI is InChI=1S/2C7H9.C2H4ClO.Zr/c2*1-6-4-3-5-7(6)2;1-2-4-3;/h2*4H,3H2,1-2H3;1-2H2;/q3*-1;+3. The third kappa shape index (κ3) is 10.5. The summed E-state index contributed by atoms with van der Waals surface area (Å²) in [6.45, 7) is 12.0. The van der Waals surface area contributed by atoms with Crippen molar-refractivity contribution in [1.29, 1.82) is 0 Å². The molecule has 1 radical (unpaired) electrons. The fourth-order valence-electron chi connectivity index (χ4n) is 1.30. The minimum Gasteiger partial charge on any atom is -0.316 e. The first-order valence-electron chi connectivity index (χ1n) is 6.04. The molecule has 0 aromatic rings. The third-order valence-corrected chi connectivity index (χ3v) is 2.97. The molecule has 1 nitrogen and oxygen atoms in total. The van der Waals surface area contributed by atoms with Gasteiger partial charge in [0.2, 0.25) is 0 Å². The zero-order valence-corrected chi connectivity index (χ0v) is 15.5. The second-order valence-electron chi connectivity index (χ2n) is 4.10. The molecule has 0 saturated carbocycles. The van der Waals surface area contributed by atoms with Crippen LogP contribution in [0.15, 0.2) is 34.4 Å². The molecule has 3 heteroatoms. The van der Waals surface area contributed by atoms with Crippen molar-refractivity contribution in [2.75, 3.05) is 6.61 Å². The van der Waals surface area contributed by atoms with Crippen LogP contribution in [0.5, 0.6) is 0 Å². The third-order valence-electron chi connectivity index (χ3n) is 2.81. The molecule has 0 N–H and O–H groups in total. The summed E-state index contributed by atoms with van der Waals surface area (Å²) in [6, 6.07) is 0. The fourth-order valence-corrected chi connectivity index (χ4v) is 1.30. The van der Waals surface area contributed by atoms with Crippen LogP contribution < -0.4 is 0 Å². The van der Waals surface area contributed by atoms with E-state index in [1.807, 2.05) is 0 Å². The Morgan fingerprint density at radius 1 is 1.05 bits per heavy atom. The van der Waals surface area contributed by atoms with Crippen LogP contribution >= 0.6 is 11.9 Å². The Labute approximate surface area is 142 Å². The molecule has 19 heavy (non-hydrogen) atoms. The molecule has 0 heterocycles. The second kappa shape index (κ2) is 13.1. The van der Waals surface area contributed by atoms with Crippen molar-refractivity contribution in [1.82, 2.24) is 0 Å². The SMILES string of the molecule is CC1=[C-]CC=C1C.CC1=[C-]CC=C1C.[CH2-]COCl.[Zr+3]. The average molecular weight is 357 g/mol. The number of allylic oxidation sites excluding steroid dienone is 8. The van der Waals surface area contributed by atoms with Crippen molar-refractivity contribution in [2.24, 2.45) is 0 Å². The predicted octanol–water partition coefficient (Wildman–Crippen LogP) is 5.16. The van der Waals surface area contributed by atoms with Gasteiger partial charge >= 0.3 is 26.2 Å². The van der Waals surface area contributed by atoms with Gasteiger partial charge in [0.05, 0.1) is 11.9 Å². The molecule has 0 unspecified atom stereocenters. The monoisotopic (exact) mass is 355 g/mol. The Morgan fingerprint density at radius 2 is 1.37 bits per heavy atom. The van der Waals surface area contributed by atoms with Crippen LogP contribution in [-0.2, 0) is 30.5 Å². The Kier molecular flexibility index (Phi) is 14.7. The van der Waals surface area contributed by atoms with Gasteiger partial charge in [0.1, 0.15) is 0 Å². The largest absolute Gasteiger partial charge is 3.00 e. The number of hydrogen-bond acceptors (Lipinski definition) is 1. The molecule has 103 valence electrons. The van der Waals surface area contributed by atoms with Gasteiger partial charge in [-0.3, -0.25) is 12.2 Å². The van der Waals surface area contributed by atoms with Gasteiger partial charge in [-0.05, 0) is 0 Å². The summed E-state index contributed by atoms with van der Waals surface area (Å²) in [7, 11) is 0. The van der Waals surface area contributed by atoms with Gasteiger partial charge < -0.3 is 11.2 Å². The van der Waals surface area contributed by atoms with Crippen molar-refractivity contribution in [3.05, 3.63) is 53.5 Å². The Bertz CT molecular complexity index is 297. The van der Waals surface area contributed by atoms with E-state index in [0.29, 0.717) is 6.61 Å². The smallest absolute Gasteiger partial charge is 0.316 e. The molecule has 0 aliphatic heterocycles. The van der Waals surface area contributed by atoms with Crippen LogP contribution in [0.1, 0.15) is 40.5 Å². The quantitative estimate of drug-likeness (QED) is 0.589. The van der Waals surface area contributed by atoms with Crippen LogP contribution in [0.4, 0.5) is 0 Å². The van der Waals surface area contributed by atoms with Crippen molar-refractivity contribution >= 4 is 11.9 Å². The van der Waals surface area contributed by atoms with Gasteiger partial charge in [-0.1, -0.05) is 20.5 Å². The molecule has 0 atom stereocenters. The molecular formula is C16H22ClOZr. The molecule has 2 aliphatic rings. The van der Waals surface area contributed by atoms with E-state index >= 15 is 0 Å². The fraction of sp³-hybridized carbons (Fsp3) is 0.438. The molecule has 0 aromatic carbocycles. The van der Waals surface area contributed by atoms with E-state index < -0.39 is 0 Å². The van der Waals surface area contributed by atoms with Crippen LogP contribution in [0.2, 0.25) is 0 Å². The van der Waals surface area contributed by atoms with Gasteiger partial charge in [0.15, 0.2) is 0 Å². The van der Waals surface area contributed by atoms with E-state index in [0.717, 1.165) is 12.8 Å². The van der Waals surface area contributed by atoms with E-state index in [1.165, 1.54) is 22.3 Å². The number of rotatable bonds is 1. The van der Waals surface area contributed by atoms with Crippen molar-refractivity contribution in [3.63, 3.8) is 0 Å². The Balaban J connectivity index is 0. The van der Waals surface area contributed by atoms with Gasteiger partial charge in [-0.2, -0.15) is 12.2 Å². The maximum absolute atomic E-state index is 4.62. The van der Waals surface area contributed by atoms with Crippen LogP contribution in [0.25, 0.3) is 0 Å². The first-order chi connectivity index (χ1) is 8.52. The topological polar surface area (TPSA) is 9.23 Å². The van der Waals surface area contributed by atoms with Crippen LogP contribution in [-0.4, -0.2) is 6.61 Å². The van der Waals surface area contributed by atoms with Gasteiger partial charge in [0.25, 0.3) is 0 Å². The molecule has 0 fully saturated rings. The summed E-state index contributed by atoms with van der Waals surface area (Å²) in [6.07, 6.45) is 12.8. The van der Waals surface area contributed by atoms with Crippen molar-refractivity contribution < 1.29 is 30.5 Å². The Hall–Kier alpha value is 0.0931. The summed E-state index contributed by atoms with van der Waals surface area (Å²) in [4.78, 5) is 0. The summed E-state index contributed by atoms with van der Waals surface area (Å²) >= 11 is 4.62. The van der Waals surface area contributed by atoms with E-state index in [2.05, 4.69) is 75.1 Å². The summed E-state index contributed by atoms with van der Waals surface area (Å²) in [5.41, 5.74) is 5.42. The maximum atomic E-state index is 4.62. The van der Waals surface area contributed by atoms with Gasteiger partial charge in [0, 0.05) is 0 Å². The molecule has 2 aliphatic carbocycles. The number of halogens is 1. The minimum atomic E-state index is 0. The van der Waals surface area contributed by atoms with Crippen molar-refractivity contribution in [2.45, 2.75) is 40.5 Å². The first-order valence-corrected chi connectivity index (χ1v) is 6.35. The minimum absolute atomic E-state index is 0. The first kappa shape index (κ1) is 21.4. The van der Waals surface area contributed by atoms with E-state index in [9.17, 15) is 0 Å². The van der Waals surface area contributed by atoms with Crippen molar-refractivity contribution in [3.8, 4) is 0 Å². The average Bonchev–Trinajstić information content (AvgIpc) is 2.91. The predicted molar refractivity (Wildman–Crippen MR) is 78.8 cm³/mol. The van der Waals surface area contributed by atoms with E-state index in [1.54, 1.807) is 0 Å². The second-order valence-corrected chi connectivity index (χ2v) is 4.32. The van der Waals surface area contributed by atoms with E-state index in [4.69, 9.17) is 0 Å². The summed E-state index contributed by atoms with van der Waals surface area (Å²) < 4.78 is 3.90. The van der Waals surface area contributed by atoms with Gasteiger partial charge in [-0.15, -0.1) is 26.7 Å². The van der Waals surface area contributed by atoms with Gasteiger partial charge in [-0.25, -0.2) is 22.3 Å². The number of hydrogen-bond donors (Lipinski definition) is 0. The van der Waals surface area contributed by atoms with Crippen LogP contribution in [0, 0.1) is 19.1 Å². The summed E-state index contributed by atoms with van der Waals surface area (Å²) in [5.74, 6) is 0.